The lowest BCUT2D eigenvalue weighted by atomic mass is 9.99. The summed E-state index contributed by atoms with van der Waals surface area (Å²) in [6.07, 6.45) is 3.27. The second kappa shape index (κ2) is 8.55. The number of rotatable bonds is 6. The zero-order valence-corrected chi connectivity index (χ0v) is 17.8. The summed E-state index contributed by atoms with van der Waals surface area (Å²) in [6.45, 7) is 0.425. The summed E-state index contributed by atoms with van der Waals surface area (Å²) in [5, 5.41) is 17.5. The second-order valence-corrected chi connectivity index (χ2v) is 7.77. The maximum atomic E-state index is 13.0. The van der Waals surface area contributed by atoms with Gasteiger partial charge in [0.2, 0.25) is 0 Å². The van der Waals surface area contributed by atoms with E-state index in [0.29, 0.717) is 29.1 Å². The normalized spacial score (nSPS) is 13.8. The van der Waals surface area contributed by atoms with Crippen LogP contribution in [-0.2, 0) is 11.3 Å². The first-order chi connectivity index (χ1) is 16.5. The number of nitro benzene ring substituents is 1. The maximum absolute atomic E-state index is 13.0. The standard InChI is InChI=1S/C25H19N5O4/c31-24-22(20-14-19(30(33)34)10-11-21(20)28-24)23(17-4-2-1-3-5-17)27-18-8-6-16(7-9-18)15-29-13-12-26-25(29)32/h1-14,27H,15H2,(H,26,32)(H,28,31). The van der Waals surface area contributed by atoms with Gasteiger partial charge in [-0.2, -0.15) is 0 Å². The fraction of sp³-hybridized carbons (Fsp3) is 0.0400. The van der Waals surface area contributed by atoms with E-state index in [-0.39, 0.29) is 17.3 Å². The molecule has 0 unspecified atom stereocenters. The molecule has 0 radical (unpaired) electrons. The van der Waals surface area contributed by atoms with Gasteiger partial charge < -0.3 is 15.6 Å². The molecule has 3 aromatic carbocycles. The average molecular weight is 453 g/mol. The Morgan fingerprint density at radius 2 is 1.76 bits per heavy atom. The fourth-order valence-corrected chi connectivity index (χ4v) is 3.91. The van der Waals surface area contributed by atoms with Gasteiger partial charge in [0.15, 0.2) is 0 Å². The van der Waals surface area contributed by atoms with E-state index in [0.717, 1.165) is 16.8 Å². The fourth-order valence-electron chi connectivity index (χ4n) is 3.91. The number of imidazole rings is 1. The highest BCUT2D eigenvalue weighted by atomic mass is 16.6. The Bertz CT molecular complexity index is 1480. The number of benzene rings is 3. The van der Waals surface area contributed by atoms with Gasteiger partial charge in [-0.1, -0.05) is 42.5 Å². The zero-order valence-electron chi connectivity index (χ0n) is 17.8. The Hall–Kier alpha value is -4.92. The number of hydrogen-bond acceptors (Lipinski definition) is 5. The third kappa shape index (κ3) is 3.97. The van der Waals surface area contributed by atoms with Crippen molar-refractivity contribution in [2.45, 2.75) is 6.54 Å². The summed E-state index contributed by atoms with van der Waals surface area (Å²) < 4.78 is 1.56. The predicted molar refractivity (Wildman–Crippen MR) is 129 cm³/mol. The maximum Gasteiger partial charge on any atom is 0.325 e. The number of non-ortho nitro benzene ring substituents is 1. The second-order valence-electron chi connectivity index (χ2n) is 7.77. The molecular formula is C25H19N5O4. The van der Waals surface area contributed by atoms with E-state index in [4.69, 9.17) is 0 Å². The number of aromatic amines is 1. The van der Waals surface area contributed by atoms with Gasteiger partial charge in [-0.15, -0.1) is 0 Å². The first kappa shape index (κ1) is 21.0. The average Bonchev–Trinajstić information content (AvgIpc) is 3.40. The molecule has 1 amide bonds. The Kier molecular flexibility index (Phi) is 5.27. The first-order valence-corrected chi connectivity index (χ1v) is 10.5. The topological polar surface area (TPSA) is 122 Å². The smallest absolute Gasteiger partial charge is 0.325 e. The monoisotopic (exact) mass is 453 g/mol. The minimum absolute atomic E-state index is 0.0930. The Morgan fingerprint density at radius 3 is 2.44 bits per heavy atom. The minimum Gasteiger partial charge on any atom is -0.354 e. The molecule has 34 heavy (non-hydrogen) atoms. The molecule has 2 heterocycles. The molecule has 1 aliphatic heterocycles. The van der Waals surface area contributed by atoms with Crippen molar-refractivity contribution < 1.29 is 9.72 Å². The first-order valence-electron chi connectivity index (χ1n) is 10.5. The van der Waals surface area contributed by atoms with Crippen molar-refractivity contribution in [3.8, 4) is 0 Å². The van der Waals surface area contributed by atoms with E-state index >= 15 is 0 Å². The van der Waals surface area contributed by atoms with Crippen molar-refractivity contribution >= 4 is 34.2 Å². The minimum atomic E-state index is -0.481. The highest BCUT2D eigenvalue weighted by Crippen LogP contribution is 2.39. The molecule has 0 aliphatic carbocycles. The van der Waals surface area contributed by atoms with Crippen LogP contribution in [0.5, 0.6) is 0 Å². The van der Waals surface area contributed by atoms with E-state index in [2.05, 4.69) is 15.6 Å². The van der Waals surface area contributed by atoms with Crippen LogP contribution in [0.25, 0.3) is 11.3 Å². The van der Waals surface area contributed by atoms with Gasteiger partial charge in [0.05, 0.1) is 22.7 Å². The molecule has 9 heteroatoms. The molecule has 0 saturated heterocycles. The van der Waals surface area contributed by atoms with Crippen LogP contribution in [-0.4, -0.2) is 20.4 Å². The highest BCUT2D eigenvalue weighted by Gasteiger charge is 2.30. The number of fused-ring (bicyclic) bond motifs is 1. The van der Waals surface area contributed by atoms with Crippen LogP contribution in [0.2, 0.25) is 0 Å². The van der Waals surface area contributed by atoms with Crippen molar-refractivity contribution in [3.05, 3.63) is 122 Å². The lowest BCUT2D eigenvalue weighted by Gasteiger charge is -2.15. The van der Waals surface area contributed by atoms with Crippen molar-refractivity contribution in [1.29, 1.82) is 0 Å². The molecule has 5 rings (SSSR count). The summed E-state index contributed by atoms with van der Waals surface area (Å²) in [7, 11) is 0. The zero-order chi connectivity index (χ0) is 23.7. The summed E-state index contributed by atoms with van der Waals surface area (Å²) in [5.41, 5.74) is 3.99. The molecule has 0 spiro atoms. The van der Waals surface area contributed by atoms with Crippen LogP contribution in [0, 0.1) is 10.1 Å². The van der Waals surface area contributed by atoms with Crippen molar-refractivity contribution in [3.63, 3.8) is 0 Å². The van der Waals surface area contributed by atoms with Crippen LogP contribution < -0.4 is 16.3 Å². The summed E-state index contributed by atoms with van der Waals surface area (Å²) in [6, 6.07) is 21.1. The lowest BCUT2D eigenvalue weighted by Crippen LogP contribution is -2.16. The summed E-state index contributed by atoms with van der Waals surface area (Å²) in [4.78, 5) is 38.2. The lowest BCUT2D eigenvalue weighted by molar-refractivity contribution is -0.384. The molecule has 1 aromatic heterocycles. The molecule has 0 fully saturated rings. The molecule has 0 saturated carbocycles. The van der Waals surface area contributed by atoms with E-state index in [1.807, 2.05) is 54.6 Å². The van der Waals surface area contributed by atoms with Gasteiger partial charge in [-0.25, -0.2) is 4.79 Å². The molecule has 3 N–H and O–H groups in total. The van der Waals surface area contributed by atoms with E-state index in [1.165, 1.54) is 12.1 Å². The number of anilines is 2. The van der Waals surface area contributed by atoms with Gasteiger partial charge in [0.25, 0.3) is 11.6 Å². The van der Waals surface area contributed by atoms with Gasteiger partial charge in [-0.05, 0) is 29.3 Å². The number of amides is 1. The number of nitrogens with one attached hydrogen (secondary N) is 3. The number of H-pyrrole nitrogens is 1. The largest absolute Gasteiger partial charge is 0.354 e. The van der Waals surface area contributed by atoms with E-state index < -0.39 is 4.92 Å². The number of aromatic nitrogens is 2. The quantitative estimate of drug-likeness (QED) is 0.231. The van der Waals surface area contributed by atoms with Crippen LogP contribution in [0.15, 0.2) is 90.0 Å². The molecule has 9 nitrogen and oxygen atoms in total. The van der Waals surface area contributed by atoms with Crippen molar-refractivity contribution in [2.24, 2.45) is 0 Å². The Labute approximate surface area is 193 Å². The van der Waals surface area contributed by atoms with E-state index in [1.54, 1.807) is 23.0 Å². The summed E-state index contributed by atoms with van der Waals surface area (Å²) >= 11 is 0. The molecule has 168 valence electrons. The Balaban J connectivity index is 1.55. The van der Waals surface area contributed by atoms with Crippen molar-refractivity contribution in [1.82, 2.24) is 9.55 Å². The molecular weight excluding hydrogens is 434 g/mol. The molecule has 0 atom stereocenters. The summed E-state index contributed by atoms with van der Waals surface area (Å²) in [5.74, 6) is -0.342. The molecule has 1 aliphatic rings. The van der Waals surface area contributed by atoms with Gasteiger partial charge in [-0.3, -0.25) is 19.5 Å². The third-order valence-electron chi connectivity index (χ3n) is 5.57. The van der Waals surface area contributed by atoms with E-state index in [9.17, 15) is 19.7 Å². The molecule has 0 bridgehead atoms. The number of nitrogens with zero attached hydrogens (tertiary/aromatic N) is 2. The third-order valence-corrected chi connectivity index (χ3v) is 5.57. The van der Waals surface area contributed by atoms with Crippen LogP contribution in [0.3, 0.4) is 0 Å². The molecule has 4 aromatic rings. The van der Waals surface area contributed by atoms with Gasteiger partial charge >= 0.3 is 5.69 Å². The number of carbonyl (C=O) groups is 1. The predicted octanol–water partition coefficient (Wildman–Crippen LogP) is 4.07. The van der Waals surface area contributed by atoms with Crippen molar-refractivity contribution in [2.75, 3.05) is 10.6 Å². The highest BCUT2D eigenvalue weighted by molar-refractivity contribution is 6.37. The number of nitro groups is 1. The SMILES string of the molecule is O=C1Nc2ccc([N+](=O)[O-])cc2C1=C(Nc1ccc(Cn2cc[nH]c2=O)cc1)c1ccccc1. The number of carbonyl (C=O) groups excluding carboxylic acids is 1. The van der Waals surface area contributed by atoms with Crippen LogP contribution in [0.4, 0.5) is 17.1 Å². The van der Waals surface area contributed by atoms with Gasteiger partial charge in [0, 0.05) is 41.5 Å². The van der Waals surface area contributed by atoms with Gasteiger partial charge in [0.1, 0.15) is 0 Å². The number of hydrogen-bond donors (Lipinski definition) is 3. The van der Waals surface area contributed by atoms with Crippen LogP contribution >= 0.6 is 0 Å². The van der Waals surface area contributed by atoms with Crippen LogP contribution in [0.1, 0.15) is 16.7 Å². The Morgan fingerprint density at radius 1 is 1.00 bits per heavy atom.